The van der Waals surface area contributed by atoms with Gasteiger partial charge in [0.25, 0.3) is 5.91 Å². The van der Waals surface area contributed by atoms with Crippen molar-refractivity contribution in [2.45, 2.75) is 12.5 Å². The molecule has 1 aromatic carbocycles. The molecular formula is C16H16FN3O4. The Morgan fingerprint density at radius 3 is 2.88 bits per heavy atom. The van der Waals surface area contributed by atoms with Crippen LogP contribution in [0.4, 0.5) is 4.39 Å². The third-order valence-corrected chi connectivity index (χ3v) is 3.74. The highest BCUT2D eigenvalue weighted by Crippen LogP contribution is 2.15. The van der Waals surface area contributed by atoms with Crippen molar-refractivity contribution in [1.82, 2.24) is 14.7 Å². The summed E-state index contributed by atoms with van der Waals surface area (Å²) in [5.41, 5.74) is 0.427. The number of carbonyl (C=O) groups excluding carboxylic acids is 1. The first kappa shape index (κ1) is 16.1. The van der Waals surface area contributed by atoms with Crippen LogP contribution in [-0.4, -0.2) is 57.5 Å². The normalized spacial score (nSPS) is 17.7. The van der Waals surface area contributed by atoms with Crippen LogP contribution in [0.5, 0.6) is 0 Å². The molecule has 3 rings (SSSR count). The maximum Gasteiger partial charge on any atom is 0.306 e. The number of halogens is 1. The quantitative estimate of drug-likeness (QED) is 0.912. The fourth-order valence-electron chi connectivity index (χ4n) is 2.59. The number of benzene rings is 1. The van der Waals surface area contributed by atoms with Crippen molar-refractivity contribution >= 4 is 11.9 Å². The van der Waals surface area contributed by atoms with Crippen molar-refractivity contribution in [3.8, 4) is 5.69 Å². The van der Waals surface area contributed by atoms with E-state index in [1.54, 1.807) is 18.2 Å². The molecule has 0 spiro atoms. The zero-order valence-corrected chi connectivity index (χ0v) is 12.8. The second kappa shape index (κ2) is 6.79. The van der Waals surface area contributed by atoms with Crippen LogP contribution in [0.15, 0.2) is 36.5 Å². The van der Waals surface area contributed by atoms with Gasteiger partial charge in [-0.05, 0) is 18.2 Å². The lowest BCUT2D eigenvalue weighted by Gasteiger charge is -2.31. The van der Waals surface area contributed by atoms with Crippen LogP contribution < -0.4 is 0 Å². The van der Waals surface area contributed by atoms with Crippen LogP contribution in [0.1, 0.15) is 16.9 Å². The summed E-state index contributed by atoms with van der Waals surface area (Å²) in [5, 5.41) is 13.0. The molecule has 1 aromatic heterocycles. The predicted molar refractivity (Wildman–Crippen MR) is 81.4 cm³/mol. The number of rotatable bonds is 4. The van der Waals surface area contributed by atoms with Crippen molar-refractivity contribution in [3.05, 3.63) is 48.0 Å². The minimum atomic E-state index is -0.974. The van der Waals surface area contributed by atoms with Gasteiger partial charge in [0, 0.05) is 19.3 Å². The van der Waals surface area contributed by atoms with E-state index < -0.39 is 17.9 Å². The summed E-state index contributed by atoms with van der Waals surface area (Å²) in [6.07, 6.45) is 0.822. The Morgan fingerprint density at radius 2 is 2.12 bits per heavy atom. The largest absolute Gasteiger partial charge is 0.481 e. The molecule has 1 aliphatic heterocycles. The van der Waals surface area contributed by atoms with Crippen LogP contribution in [0.2, 0.25) is 0 Å². The number of aromatic nitrogens is 2. The molecule has 2 heterocycles. The average Bonchev–Trinajstić information content (AvgIpc) is 3.04. The topological polar surface area (TPSA) is 84.7 Å². The molecule has 1 unspecified atom stereocenters. The number of carboxylic acid groups (broad SMARTS) is 1. The lowest BCUT2D eigenvalue weighted by atomic mass is 10.2. The van der Waals surface area contributed by atoms with E-state index in [-0.39, 0.29) is 36.9 Å². The van der Waals surface area contributed by atoms with E-state index in [9.17, 15) is 14.0 Å². The molecule has 126 valence electrons. The minimum absolute atomic E-state index is 0.159. The summed E-state index contributed by atoms with van der Waals surface area (Å²) < 4.78 is 20.4. The third kappa shape index (κ3) is 3.43. The van der Waals surface area contributed by atoms with E-state index in [4.69, 9.17) is 9.84 Å². The van der Waals surface area contributed by atoms with Gasteiger partial charge in [0.2, 0.25) is 0 Å². The molecule has 1 amide bonds. The number of para-hydroxylation sites is 1. The lowest BCUT2D eigenvalue weighted by molar-refractivity contribution is -0.141. The molecule has 0 bridgehead atoms. The van der Waals surface area contributed by atoms with Gasteiger partial charge < -0.3 is 14.7 Å². The van der Waals surface area contributed by atoms with E-state index in [1.165, 1.54) is 27.9 Å². The van der Waals surface area contributed by atoms with E-state index in [0.29, 0.717) is 6.54 Å². The zero-order chi connectivity index (χ0) is 17.1. The predicted octanol–water partition coefficient (Wildman–Crippen LogP) is 1.33. The van der Waals surface area contributed by atoms with Crippen LogP contribution >= 0.6 is 0 Å². The molecule has 1 atom stereocenters. The van der Waals surface area contributed by atoms with Crippen LogP contribution in [0.3, 0.4) is 0 Å². The Morgan fingerprint density at radius 1 is 1.33 bits per heavy atom. The second-order valence-corrected chi connectivity index (χ2v) is 5.44. The molecule has 0 aliphatic carbocycles. The Labute approximate surface area is 137 Å². The Balaban J connectivity index is 1.74. The number of nitrogens with zero attached hydrogens (tertiary/aromatic N) is 3. The first-order valence-corrected chi connectivity index (χ1v) is 7.48. The fourth-order valence-corrected chi connectivity index (χ4v) is 2.59. The molecule has 24 heavy (non-hydrogen) atoms. The number of carbonyl (C=O) groups is 2. The monoisotopic (exact) mass is 333 g/mol. The number of hydrogen-bond donors (Lipinski definition) is 1. The zero-order valence-electron chi connectivity index (χ0n) is 12.8. The number of ether oxygens (including phenoxy) is 1. The minimum Gasteiger partial charge on any atom is -0.481 e. The molecule has 0 saturated carbocycles. The summed E-state index contributed by atoms with van der Waals surface area (Å²) in [6, 6.07) is 7.65. The molecule has 1 fully saturated rings. The van der Waals surface area contributed by atoms with Gasteiger partial charge in [-0.3, -0.25) is 9.59 Å². The van der Waals surface area contributed by atoms with Gasteiger partial charge in [-0.25, -0.2) is 9.07 Å². The Bertz CT molecular complexity index is 761. The smallest absolute Gasteiger partial charge is 0.306 e. The SMILES string of the molecule is O=C(O)CC1CN(C(=O)c2ccn(-c3ccccc3F)n2)CCO1. The molecule has 1 saturated heterocycles. The summed E-state index contributed by atoms with van der Waals surface area (Å²) in [7, 11) is 0. The van der Waals surface area contributed by atoms with Gasteiger partial charge in [-0.15, -0.1) is 0 Å². The maximum absolute atomic E-state index is 13.8. The van der Waals surface area contributed by atoms with Gasteiger partial charge in [0.15, 0.2) is 5.69 Å². The van der Waals surface area contributed by atoms with E-state index in [2.05, 4.69) is 5.10 Å². The van der Waals surface area contributed by atoms with Gasteiger partial charge in [0.05, 0.1) is 19.1 Å². The number of hydrogen-bond acceptors (Lipinski definition) is 4. The molecular weight excluding hydrogens is 317 g/mol. The summed E-state index contributed by atoms with van der Waals surface area (Å²) >= 11 is 0. The highest BCUT2D eigenvalue weighted by Gasteiger charge is 2.27. The van der Waals surface area contributed by atoms with Gasteiger partial charge in [-0.2, -0.15) is 5.10 Å². The molecule has 8 heteroatoms. The van der Waals surface area contributed by atoms with Crippen molar-refractivity contribution in [2.75, 3.05) is 19.7 Å². The standard InChI is InChI=1S/C16H16FN3O4/c17-12-3-1-2-4-14(12)20-6-5-13(18-20)16(23)19-7-8-24-11(10-19)9-15(21)22/h1-6,11H,7-10H2,(H,21,22). The van der Waals surface area contributed by atoms with Gasteiger partial charge in [0.1, 0.15) is 11.5 Å². The Hall–Kier alpha value is -2.74. The fraction of sp³-hybridized carbons (Fsp3) is 0.312. The first-order chi connectivity index (χ1) is 11.5. The number of aliphatic carboxylic acids is 1. The van der Waals surface area contributed by atoms with Crippen LogP contribution in [0, 0.1) is 5.82 Å². The number of amides is 1. The first-order valence-electron chi connectivity index (χ1n) is 7.48. The van der Waals surface area contributed by atoms with E-state index in [1.807, 2.05) is 0 Å². The number of carboxylic acids is 1. The van der Waals surface area contributed by atoms with Gasteiger partial charge in [-0.1, -0.05) is 12.1 Å². The van der Waals surface area contributed by atoms with Gasteiger partial charge >= 0.3 is 5.97 Å². The highest BCUT2D eigenvalue weighted by molar-refractivity contribution is 5.92. The summed E-state index contributed by atoms with van der Waals surface area (Å²) in [5.74, 6) is -1.74. The van der Waals surface area contributed by atoms with E-state index >= 15 is 0 Å². The van der Waals surface area contributed by atoms with Crippen LogP contribution in [0.25, 0.3) is 5.69 Å². The van der Waals surface area contributed by atoms with E-state index in [0.717, 1.165) is 0 Å². The second-order valence-electron chi connectivity index (χ2n) is 5.44. The van der Waals surface area contributed by atoms with Crippen molar-refractivity contribution < 1.29 is 23.8 Å². The maximum atomic E-state index is 13.8. The van der Waals surface area contributed by atoms with Crippen molar-refractivity contribution in [1.29, 1.82) is 0 Å². The van der Waals surface area contributed by atoms with Crippen molar-refractivity contribution in [3.63, 3.8) is 0 Å². The molecule has 2 aromatic rings. The average molecular weight is 333 g/mol. The molecule has 7 nitrogen and oxygen atoms in total. The summed E-state index contributed by atoms with van der Waals surface area (Å²) in [4.78, 5) is 24.8. The highest BCUT2D eigenvalue weighted by atomic mass is 19.1. The third-order valence-electron chi connectivity index (χ3n) is 3.74. The molecule has 1 aliphatic rings. The lowest BCUT2D eigenvalue weighted by Crippen LogP contribution is -2.46. The number of morpholine rings is 1. The molecule has 0 radical (unpaired) electrons. The van der Waals surface area contributed by atoms with Crippen molar-refractivity contribution in [2.24, 2.45) is 0 Å². The van der Waals surface area contributed by atoms with Crippen LogP contribution in [-0.2, 0) is 9.53 Å². The molecule has 1 N–H and O–H groups in total. The summed E-state index contributed by atoms with van der Waals surface area (Å²) in [6.45, 7) is 0.830. The Kier molecular flexibility index (Phi) is 4.57.